The highest BCUT2D eigenvalue weighted by Gasteiger charge is 2.32. The number of para-hydroxylation sites is 1. The van der Waals surface area contributed by atoms with Gasteiger partial charge in [-0.2, -0.15) is 0 Å². The number of carbonyl (C=O) groups excluding carboxylic acids is 2. The summed E-state index contributed by atoms with van der Waals surface area (Å²) in [6.07, 6.45) is -1.93. The van der Waals surface area contributed by atoms with Crippen molar-refractivity contribution in [3.8, 4) is 0 Å². The smallest absolute Gasteiger partial charge is 0.317 e. The van der Waals surface area contributed by atoms with Gasteiger partial charge in [-0.15, -0.1) is 0 Å². The molecule has 1 aliphatic heterocycles. The predicted molar refractivity (Wildman–Crippen MR) is 115 cm³/mol. The molecule has 0 saturated carbocycles. The Balaban J connectivity index is 1.97. The minimum absolute atomic E-state index is 0.234. The van der Waals surface area contributed by atoms with Crippen LogP contribution in [-0.4, -0.2) is 57.4 Å². The summed E-state index contributed by atoms with van der Waals surface area (Å²) >= 11 is 0. The molecule has 2 N–H and O–H groups in total. The van der Waals surface area contributed by atoms with Crippen molar-refractivity contribution >= 4 is 23.3 Å². The van der Waals surface area contributed by atoms with Gasteiger partial charge in [-0.25, -0.2) is 14.2 Å². The van der Waals surface area contributed by atoms with Crippen molar-refractivity contribution < 1.29 is 23.5 Å². The second-order valence-electron chi connectivity index (χ2n) is 7.02. The van der Waals surface area contributed by atoms with Crippen LogP contribution in [0, 0.1) is 5.82 Å². The van der Waals surface area contributed by atoms with Gasteiger partial charge in [-0.1, -0.05) is 30.3 Å². The summed E-state index contributed by atoms with van der Waals surface area (Å²) in [6, 6.07) is 12.1. The van der Waals surface area contributed by atoms with E-state index < -0.39 is 36.3 Å². The van der Waals surface area contributed by atoms with Gasteiger partial charge in [0.1, 0.15) is 5.82 Å². The lowest BCUT2D eigenvalue weighted by atomic mass is 10.00. The molecule has 0 saturated heterocycles. The lowest BCUT2D eigenvalue weighted by Crippen LogP contribution is -2.53. The second kappa shape index (κ2) is 9.67. The van der Waals surface area contributed by atoms with Crippen molar-refractivity contribution in [2.45, 2.75) is 25.4 Å². The number of benzene rings is 2. The van der Waals surface area contributed by atoms with Crippen LogP contribution in [0.3, 0.4) is 0 Å². The predicted octanol–water partition coefficient (Wildman–Crippen LogP) is 2.27. The number of nitrogens with one attached hydrogen (secondary N) is 2. The van der Waals surface area contributed by atoms with E-state index in [2.05, 4.69) is 15.6 Å². The third-order valence-corrected chi connectivity index (χ3v) is 4.97. The molecule has 2 aromatic carbocycles. The van der Waals surface area contributed by atoms with Crippen LogP contribution in [0.15, 0.2) is 53.5 Å². The van der Waals surface area contributed by atoms with E-state index in [9.17, 15) is 14.0 Å². The number of ether oxygens (including phenoxy) is 2. The third-order valence-electron chi connectivity index (χ3n) is 4.97. The highest BCUT2D eigenvalue weighted by atomic mass is 19.1. The molecule has 3 amide bonds. The zero-order chi connectivity index (χ0) is 22.5. The minimum Gasteiger partial charge on any atom is -0.354 e. The molecule has 0 spiro atoms. The lowest BCUT2D eigenvalue weighted by Gasteiger charge is -2.24. The fourth-order valence-electron chi connectivity index (χ4n) is 3.43. The van der Waals surface area contributed by atoms with Crippen molar-refractivity contribution in [3.63, 3.8) is 0 Å². The largest absolute Gasteiger partial charge is 0.354 e. The van der Waals surface area contributed by atoms with Gasteiger partial charge in [-0.3, -0.25) is 4.79 Å². The summed E-state index contributed by atoms with van der Waals surface area (Å²) in [5.74, 6) is -0.940. The molecule has 31 heavy (non-hydrogen) atoms. The Morgan fingerprint density at radius 1 is 1.10 bits per heavy atom. The molecule has 3 rings (SSSR count). The Bertz CT molecular complexity index is 993. The normalized spacial score (nSPS) is 17.0. The highest BCUT2D eigenvalue weighted by molar-refractivity contribution is 6.20. The van der Waals surface area contributed by atoms with Gasteiger partial charge >= 0.3 is 6.03 Å². The average Bonchev–Trinajstić information content (AvgIpc) is 2.86. The fourth-order valence-corrected chi connectivity index (χ4v) is 3.43. The number of fused-ring (bicyclic) bond motifs is 1. The number of halogens is 1. The number of rotatable bonds is 6. The first-order valence-electron chi connectivity index (χ1n) is 9.69. The van der Waals surface area contributed by atoms with Gasteiger partial charge in [-0.05, 0) is 25.1 Å². The number of benzodiazepines with no additional fused rings is 1. The third kappa shape index (κ3) is 4.73. The number of urea groups is 1. The summed E-state index contributed by atoms with van der Waals surface area (Å²) in [6.45, 7) is 1.70. The molecule has 1 heterocycles. The van der Waals surface area contributed by atoms with Crippen molar-refractivity contribution in [1.29, 1.82) is 0 Å². The first-order chi connectivity index (χ1) is 14.9. The zero-order valence-electron chi connectivity index (χ0n) is 17.8. The van der Waals surface area contributed by atoms with Gasteiger partial charge in [0.25, 0.3) is 5.91 Å². The molecular formula is C22H25FN4O4. The standard InChI is InChI=1S/C22H25FN4O4/c1-13(21(30-3)31-4)24-22(29)26-19-20(28)27(2)17-12-8-6-10-15(17)18(25-19)14-9-5-7-11-16(14)23/h5-13,19,21H,1-4H3,(H2,24,26,29). The first-order valence-corrected chi connectivity index (χ1v) is 9.69. The number of hydrogen-bond acceptors (Lipinski definition) is 5. The van der Waals surface area contributed by atoms with E-state index in [-0.39, 0.29) is 11.3 Å². The van der Waals surface area contributed by atoms with Crippen LogP contribution < -0.4 is 15.5 Å². The highest BCUT2D eigenvalue weighted by Crippen LogP contribution is 2.27. The number of nitrogens with zero attached hydrogens (tertiary/aromatic N) is 2. The van der Waals surface area contributed by atoms with Crippen LogP contribution in [0.25, 0.3) is 0 Å². The Labute approximate surface area is 180 Å². The summed E-state index contributed by atoms with van der Waals surface area (Å²) in [5, 5.41) is 5.22. The number of anilines is 1. The van der Waals surface area contributed by atoms with E-state index in [0.29, 0.717) is 11.3 Å². The zero-order valence-corrected chi connectivity index (χ0v) is 17.8. The molecule has 0 bridgehead atoms. The van der Waals surface area contributed by atoms with Crippen LogP contribution >= 0.6 is 0 Å². The molecule has 0 aromatic heterocycles. The van der Waals surface area contributed by atoms with Crippen LogP contribution in [0.1, 0.15) is 18.1 Å². The Morgan fingerprint density at radius 2 is 1.71 bits per heavy atom. The van der Waals surface area contributed by atoms with Crippen LogP contribution in [0.5, 0.6) is 0 Å². The van der Waals surface area contributed by atoms with E-state index in [1.165, 1.54) is 25.2 Å². The van der Waals surface area contributed by atoms with Gasteiger partial charge < -0.3 is 25.0 Å². The summed E-state index contributed by atoms with van der Waals surface area (Å²) in [7, 11) is 4.49. The van der Waals surface area contributed by atoms with Gasteiger partial charge in [0.2, 0.25) is 6.17 Å². The molecule has 2 unspecified atom stereocenters. The van der Waals surface area contributed by atoms with Gasteiger partial charge in [0.05, 0.1) is 17.4 Å². The van der Waals surface area contributed by atoms with Gasteiger partial charge in [0, 0.05) is 32.4 Å². The Morgan fingerprint density at radius 3 is 2.35 bits per heavy atom. The van der Waals surface area contributed by atoms with Crippen molar-refractivity contribution in [2.75, 3.05) is 26.2 Å². The Hall–Kier alpha value is -3.30. The van der Waals surface area contributed by atoms with Crippen LogP contribution in [0.4, 0.5) is 14.9 Å². The van der Waals surface area contributed by atoms with Crippen molar-refractivity contribution in [1.82, 2.24) is 10.6 Å². The fraction of sp³-hybridized carbons (Fsp3) is 0.318. The molecule has 0 radical (unpaired) electrons. The van der Waals surface area contributed by atoms with Crippen LogP contribution in [0.2, 0.25) is 0 Å². The number of aliphatic imine (C=N–C) groups is 1. The van der Waals surface area contributed by atoms with E-state index in [4.69, 9.17) is 9.47 Å². The maximum absolute atomic E-state index is 14.6. The Kier molecular flexibility index (Phi) is 6.98. The number of methoxy groups -OCH3 is 2. The maximum atomic E-state index is 14.6. The minimum atomic E-state index is -1.26. The summed E-state index contributed by atoms with van der Waals surface area (Å²) < 4.78 is 24.9. The number of carbonyl (C=O) groups is 2. The molecular weight excluding hydrogens is 403 g/mol. The molecule has 9 heteroatoms. The van der Waals surface area contributed by atoms with E-state index in [1.807, 2.05) is 0 Å². The van der Waals surface area contributed by atoms with Crippen molar-refractivity contribution in [3.05, 3.63) is 65.5 Å². The molecule has 2 atom stereocenters. The SMILES string of the molecule is COC(OC)C(C)NC(=O)NC1N=C(c2ccccc2F)c2ccccc2N(C)C1=O. The van der Waals surface area contributed by atoms with E-state index in [1.54, 1.807) is 56.4 Å². The maximum Gasteiger partial charge on any atom is 0.317 e. The number of amides is 3. The average molecular weight is 428 g/mol. The summed E-state index contributed by atoms with van der Waals surface area (Å²) in [4.78, 5) is 31.5. The van der Waals surface area contributed by atoms with Gasteiger partial charge in [0.15, 0.2) is 6.29 Å². The lowest BCUT2D eigenvalue weighted by molar-refractivity contribution is -0.120. The summed E-state index contributed by atoms with van der Waals surface area (Å²) in [5.41, 5.74) is 1.65. The molecule has 0 fully saturated rings. The van der Waals surface area contributed by atoms with Crippen LogP contribution in [-0.2, 0) is 14.3 Å². The molecule has 0 aliphatic carbocycles. The van der Waals surface area contributed by atoms with Crippen molar-refractivity contribution in [2.24, 2.45) is 4.99 Å². The number of hydrogen-bond donors (Lipinski definition) is 2. The second-order valence-corrected chi connectivity index (χ2v) is 7.02. The van der Waals surface area contributed by atoms with E-state index in [0.717, 1.165) is 0 Å². The molecule has 8 nitrogen and oxygen atoms in total. The molecule has 1 aliphatic rings. The monoisotopic (exact) mass is 428 g/mol. The topological polar surface area (TPSA) is 92.3 Å². The number of likely N-dealkylation sites (N-methyl/N-ethyl adjacent to an activating group) is 1. The quantitative estimate of drug-likeness (QED) is 0.691. The first kappa shape index (κ1) is 22.4. The van der Waals surface area contributed by atoms with E-state index >= 15 is 0 Å². The molecule has 2 aromatic rings. The molecule has 164 valence electrons.